The van der Waals surface area contributed by atoms with E-state index in [0.29, 0.717) is 6.42 Å². The molecule has 2 rings (SSSR count). The van der Waals surface area contributed by atoms with Crippen molar-refractivity contribution in [2.24, 2.45) is 0 Å². The number of hydrogen-bond donors (Lipinski definition) is 2. The van der Waals surface area contributed by atoms with Crippen molar-refractivity contribution >= 4 is 0 Å². The molecule has 0 saturated carbocycles. The topological polar surface area (TPSA) is 40.5 Å². The van der Waals surface area contributed by atoms with Crippen LogP contribution in [0.15, 0.2) is 48.5 Å². The summed E-state index contributed by atoms with van der Waals surface area (Å²) in [6.07, 6.45) is 0.541. The van der Waals surface area contributed by atoms with Crippen LogP contribution in [0.1, 0.15) is 66.5 Å². The molecule has 2 heteroatoms. The van der Waals surface area contributed by atoms with Crippen LogP contribution in [0.4, 0.5) is 0 Å². The highest BCUT2D eigenvalue weighted by Crippen LogP contribution is 2.24. The van der Waals surface area contributed by atoms with E-state index in [1.165, 1.54) is 0 Å². The average molecular weight is 321 g/mol. The molecule has 0 spiro atoms. The monoisotopic (exact) mass is 320 g/mol. The molecule has 0 atom stereocenters. The molecule has 0 fully saturated rings. The minimum Gasteiger partial charge on any atom is -0.508 e. The van der Waals surface area contributed by atoms with Crippen molar-refractivity contribution in [3.63, 3.8) is 0 Å². The Morgan fingerprint density at radius 3 is 1.04 bits per heavy atom. The molecule has 2 aromatic rings. The zero-order chi connectivity index (χ0) is 18.7. The fraction of sp³-hybridized carbons (Fsp3) is 0.429. The van der Waals surface area contributed by atoms with Crippen LogP contribution < -0.4 is 0 Å². The minimum atomic E-state index is 0.265. The Bertz CT molecular complexity index is 421. The standard InChI is InChI=1S/C13H12O2.4C2H6/c14-12-7-3-1-5-10(12)9-11-6-2-4-8-13(11)15;4*1-2/h1-8,14-15H,9H2;4*1-2H3. The number of para-hydroxylation sites is 2. The molecular formula is C21H36O2. The first-order valence-corrected chi connectivity index (χ1v) is 8.81. The molecule has 23 heavy (non-hydrogen) atoms. The summed E-state index contributed by atoms with van der Waals surface area (Å²) in [5.41, 5.74) is 1.64. The van der Waals surface area contributed by atoms with Gasteiger partial charge in [0.15, 0.2) is 0 Å². The fourth-order valence-corrected chi connectivity index (χ4v) is 1.53. The Labute approximate surface area is 143 Å². The number of benzene rings is 2. The van der Waals surface area contributed by atoms with E-state index in [1.54, 1.807) is 24.3 Å². The van der Waals surface area contributed by atoms with E-state index in [0.717, 1.165) is 11.1 Å². The highest BCUT2D eigenvalue weighted by Gasteiger charge is 2.04. The molecule has 0 saturated heterocycles. The lowest BCUT2D eigenvalue weighted by atomic mass is 10.0. The van der Waals surface area contributed by atoms with Crippen molar-refractivity contribution in [2.75, 3.05) is 0 Å². The molecule has 2 nitrogen and oxygen atoms in total. The van der Waals surface area contributed by atoms with Gasteiger partial charge in [0.1, 0.15) is 11.5 Å². The fourth-order valence-electron chi connectivity index (χ4n) is 1.53. The van der Waals surface area contributed by atoms with Crippen LogP contribution in [0.2, 0.25) is 0 Å². The Morgan fingerprint density at radius 2 is 0.783 bits per heavy atom. The second kappa shape index (κ2) is 20.0. The van der Waals surface area contributed by atoms with Crippen molar-refractivity contribution in [2.45, 2.75) is 61.8 Å². The third-order valence-corrected chi connectivity index (χ3v) is 2.36. The zero-order valence-corrected chi connectivity index (χ0v) is 16.2. The van der Waals surface area contributed by atoms with Crippen LogP contribution in [0.25, 0.3) is 0 Å². The summed E-state index contributed by atoms with van der Waals surface area (Å²) in [6.45, 7) is 16.0. The van der Waals surface area contributed by atoms with Gasteiger partial charge in [-0.05, 0) is 23.3 Å². The van der Waals surface area contributed by atoms with Crippen molar-refractivity contribution in [1.82, 2.24) is 0 Å². The summed E-state index contributed by atoms with van der Waals surface area (Å²) in [5, 5.41) is 19.2. The number of aromatic hydroxyl groups is 2. The normalized spacial score (nSPS) is 7.65. The van der Waals surface area contributed by atoms with Crippen LogP contribution in [0, 0.1) is 0 Å². The lowest BCUT2D eigenvalue weighted by Gasteiger charge is -2.05. The SMILES string of the molecule is CC.CC.CC.CC.Oc1ccccc1Cc1ccccc1O. The summed E-state index contributed by atoms with van der Waals surface area (Å²) in [4.78, 5) is 0. The van der Waals surface area contributed by atoms with Gasteiger partial charge in [-0.2, -0.15) is 0 Å². The number of hydrogen-bond acceptors (Lipinski definition) is 2. The number of rotatable bonds is 2. The van der Waals surface area contributed by atoms with E-state index < -0.39 is 0 Å². The highest BCUT2D eigenvalue weighted by atomic mass is 16.3. The first-order valence-electron chi connectivity index (χ1n) is 8.81. The van der Waals surface area contributed by atoms with E-state index in [4.69, 9.17) is 0 Å². The first kappa shape index (κ1) is 26.0. The molecule has 0 unspecified atom stereocenters. The number of phenolic OH excluding ortho intramolecular Hbond substituents is 2. The van der Waals surface area contributed by atoms with Crippen molar-refractivity contribution < 1.29 is 10.2 Å². The van der Waals surface area contributed by atoms with Crippen molar-refractivity contribution in [3.8, 4) is 11.5 Å². The molecule has 0 aromatic heterocycles. The van der Waals surface area contributed by atoms with Gasteiger partial charge in [0, 0.05) is 6.42 Å². The van der Waals surface area contributed by atoms with Crippen LogP contribution in [-0.2, 0) is 6.42 Å². The van der Waals surface area contributed by atoms with Gasteiger partial charge < -0.3 is 10.2 Å². The molecule has 2 aromatic carbocycles. The number of phenols is 2. The molecular weight excluding hydrogens is 284 g/mol. The summed E-state index contributed by atoms with van der Waals surface area (Å²) in [7, 11) is 0. The Kier molecular flexibility index (Phi) is 22.6. The molecule has 0 aliphatic carbocycles. The first-order chi connectivity index (χ1) is 11.3. The largest absolute Gasteiger partial charge is 0.508 e. The van der Waals surface area contributed by atoms with Gasteiger partial charge in [0.05, 0.1) is 0 Å². The molecule has 132 valence electrons. The minimum absolute atomic E-state index is 0.265. The quantitative estimate of drug-likeness (QED) is 0.639. The Hall–Kier alpha value is -1.96. The Balaban J connectivity index is -0.000000438. The van der Waals surface area contributed by atoms with Crippen molar-refractivity contribution in [1.29, 1.82) is 0 Å². The second-order valence-corrected chi connectivity index (χ2v) is 3.43. The van der Waals surface area contributed by atoms with E-state index in [9.17, 15) is 10.2 Å². The summed E-state index contributed by atoms with van der Waals surface area (Å²) in [5.74, 6) is 0.529. The third-order valence-electron chi connectivity index (χ3n) is 2.36. The van der Waals surface area contributed by atoms with Crippen LogP contribution in [-0.4, -0.2) is 10.2 Å². The average Bonchev–Trinajstić information content (AvgIpc) is 2.66. The molecule has 0 bridgehead atoms. The smallest absolute Gasteiger partial charge is 0.119 e. The van der Waals surface area contributed by atoms with Gasteiger partial charge >= 0.3 is 0 Å². The maximum absolute atomic E-state index is 9.58. The van der Waals surface area contributed by atoms with Gasteiger partial charge in [0.2, 0.25) is 0 Å². The van der Waals surface area contributed by atoms with Crippen LogP contribution in [0.3, 0.4) is 0 Å². The van der Waals surface area contributed by atoms with E-state index >= 15 is 0 Å². The third kappa shape index (κ3) is 11.3. The van der Waals surface area contributed by atoms with Gasteiger partial charge in [-0.25, -0.2) is 0 Å². The zero-order valence-electron chi connectivity index (χ0n) is 16.2. The van der Waals surface area contributed by atoms with Gasteiger partial charge in [-0.15, -0.1) is 0 Å². The van der Waals surface area contributed by atoms with Crippen molar-refractivity contribution in [3.05, 3.63) is 59.7 Å². The second-order valence-electron chi connectivity index (χ2n) is 3.43. The van der Waals surface area contributed by atoms with E-state index in [1.807, 2.05) is 79.7 Å². The highest BCUT2D eigenvalue weighted by molar-refractivity contribution is 5.41. The maximum Gasteiger partial charge on any atom is 0.119 e. The maximum atomic E-state index is 9.58. The Morgan fingerprint density at radius 1 is 0.522 bits per heavy atom. The molecule has 2 N–H and O–H groups in total. The predicted molar refractivity (Wildman–Crippen MR) is 104 cm³/mol. The summed E-state index contributed by atoms with van der Waals surface area (Å²) in [6, 6.07) is 14.3. The lowest BCUT2D eigenvalue weighted by molar-refractivity contribution is 0.463. The van der Waals surface area contributed by atoms with E-state index in [-0.39, 0.29) is 11.5 Å². The molecule has 0 aliphatic heterocycles. The van der Waals surface area contributed by atoms with Crippen LogP contribution >= 0.6 is 0 Å². The molecule has 0 aliphatic rings. The summed E-state index contributed by atoms with van der Waals surface area (Å²) >= 11 is 0. The van der Waals surface area contributed by atoms with E-state index in [2.05, 4.69) is 0 Å². The molecule has 0 radical (unpaired) electrons. The lowest BCUT2D eigenvalue weighted by Crippen LogP contribution is -1.88. The van der Waals surface area contributed by atoms with Gasteiger partial charge in [-0.1, -0.05) is 91.8 Å². The molecule has 0 amide bonds. The molecule has 0 heterocycles. The summed E-state index contributed by atoms with van der Waals surface area (Å²) < 4.78 is 0. The van der Waals surface area contributed by atoms with Crippen LogP contribution in [0.5, 0.6) is 11.5 Å². The van der Waals surface area contributed by atoms with Gasteiger partial charge in [-0.3, -0.25) is 0 Å². The van der Waals surface area contributed by atoms with Gasteiger partial charge in [0.25, 0.3) is 0 Å². The predicted octanol–water partition coefficient (Wildman–Crippen LogP) is 6.79.